The van der Waals surface area contributed by atoms with Crippen molar-refractivity contribution in [2.75, 3.05) is 0 Å². The molecule has 31 heavy (non-hydrogen) atoms. The van der Waals surface area contributed by atoms with E-state index in [0.717, 1.165) is 27.3 Å². The predicted molar refractivity (Wildman–Crippen MR) is 135 cm³/mol. The Morgan fingerprint density at radius 1 is 0.806 bits per heavy atom. The molecule has 0 spiro atoms. The van der Waals surface area contributed by atoms with Crippen LogP contribution in [0.15, 0.2) is 75.4 Å². The second-order valence-electron chi connectivity index (χ2n) is 10.0. The third-order valence-corrected chi connectivity index (χ3v) is 6.46. The van der Waals surface area contributed by atoms with Crippen molar-refractivity contribution in [3.63, 3.8) is 0 Å². The van der Waals surface area contributed by atoms with E-state index in [0.29, 0.717) is 5.75 Å². The molecule has 3 aromatic rings. The summed E-state index contributed by atoms with van der Waals surface area (Å²) in [5.41, 5.74) is 4.78. The largest absolute Gasteiger partial charge is 0.507 e. The van der Waals surface area contributed by atoms with Gasteiger partial charge in [-0.05, 0) is 53.1 Å². The fraction of sp³-hybridized carbons (Fsp3) is 0.321. The number of para-hydroxylation sites is 1. The molecule has 0 aliphatic heterocycles. The zero-order valence-electron chi connectivity index (χ0n) is 19.7. The molecule has 0 heterocycles. The lowest BCUT2D eigenvalue weighted by Gasteiger charge is -2.29. The van der Waals surface area contributed by atoms with Crippen LogP contribution in [0.25, 0.3) is 0 Å². The average molecular weight is 432 g/mol. The summed E-state index contributed by atoms with van der Waals surface area (Å²) in [7, 11) is 0. The maximum atomic E-state index is 11.2. The predicted octanol–water partition coefficient (Wildman–Crippen LogP) is 8.20. The van der Waals surface area contributed by atoms with E-state index in [2.05, 4.69) is 72.7 Å². The molecule has 0 amide bonds. The second-order valence-corrected chi connectivity index (χ2v) is 11.1. The molecule has 0 fully saturated rings. The Kier molecular flexibility index (Phi) is 6.66. The number of aliphatic imine (C=N–C) groups is 1. The molecule has 3 rings (SSSR count). The highest BCUT2D eigenvalue weighted by atomic mass is 32.2. The third-order valence-electron chi connectivity index (χ3n) is 5.39. The summed E-state index contributed by atoms with van der Waals surface area (Å²) in [6.07, 6.45) is 1.83. The van der Waals surface area contributed by atoms with E-state index in [1.54, 1.807) is 11.8 Å². The minimum Gasteiger partial charge on any atom is -0.507 e. The fourth-order valence-electron chi connectivity index (χ4n) is 3.70. The van der Waals surface area contributed by atoms with Gasteiger partial charge in [-0.3, -0.25) is 4.99 Å². The Labute approximate surface area is 191 Å². The van der Waals surface area contributed by atoms with Crippen LogP contribution < -0.4 is 0 Å². The van der Waals surface area contributed by atoms with E-state index >= 15 is 0 Å². The highest BCUT2D eigenvalue weighted by molar-refractivity contribution is 7.99. The Bertz CT molecular complexity index is 1050. The van der Waals surface area contributed by atoms with Crippen LogP contribution in [0.2, 0.25) is 0 Å². The molecule has 0 aliphatic rings. The molecule has 0 atom stereocenters. The van der Waals surface area contributed by atoms with Gasteiger partial charge in [-0.2, -0.15) is 0 Å². The van der Waals surface area contributed by atoms with Crippen LogP contribution in [0.1, 0.15) is 63.8 Å². The maximum absolute atomic E-state index is 11.2. The summed E-state index contributed by atoms with van der Waals surface area (Å²) in [6.45, 7) is 15.1. The first-order valence-electron chi connectivity index (χ1n) is 10.7. The van der Waals surface area contributed by atoms with Crippen LogP contribution in [0.5, 0.6) is 5.75 Å². The third kappa shape index (κ3) is 5.40. The van der Waals surface area contributed by atoms with Gasteiger partial charge in [-0.1, -0.05) is 89.7 Å². The molecule has 0 radical (unpaired) electrons. The molecule has 3 heteroatoms. The van der Waals surface area contributed by atoms with E-state index in [4.69, 9.17) is 4.99 Å². The molecule has 1 N–H and O–H groups in total. The Morgan fingerprint density at radius 2 is 1.39 bits per heavy atom. The summed E-state index contributed by atoms with van der Waals surface area (Å²) >= 11 is 1.70. The Morgan fingerprint density at radius 3 is 2.00 bits per heavy atom. The molecular weight excluding hydrogens is 398 g/mol. The van der Waals surface area contributed by atoms with Gasteiger partial charge in [0, 0.05) is 27.1 Å². The number of hydrogen-bond acceptors (Lipinski definition) is 3. The SMILES string of the molecule is Cc1c(C(C)(C)C)cc(C(C)(C)C)c(O)c1C=Nc1ccccc1Sc1ccccc1. The van der Waals surface area contributed by atoms with Crippen molar-refractivity contribution in [3.8, 4) is 5.75 Å². The molecule has 0 saturated heterocycles. The fourth-order valence-corrected chi connectivity index (χ4v) is 4.62. The number of phenols is 1. The van der Waals surface area contributed by atoms with Gasteiger partial charge < -0.3 is 5.11 Å². The number of hydrogen-bond donors (Lipinski definition) is 1. The van der Waals surface area contributed by atoms with Gasteiger partial charge in [0.15, 0.2) is 0 Å². The van der Waals surface area contributed by atoms with Crippen LogP contribution in [0.4, 0.5) is 5.69 Å². The van der Waals surface area contributed by atoms with E-state index < -0.39 is 0 Å². The van der Waals surface area contributed by atoms with E-state index in [1.165, 1.54) is 10.5 Å². The summed E-state index contributed by atoms with van der Waals surface area (Å²) in [6, 6.07) is 20.6. The topological polar surface area (TPSA) is 32.6 Å². The molecule has 0 bridgehead atoms. The number of phenolic OH excluding ortho intramolecular Hbond substituents is 1. The smallest absolute Gasteiger partial charge is 0.128 e. The zero-order valence-corrected chi connectivity index (χ0v) is 20.5. The van der Waals surface area contributed by atoms with Crippen LogP contribution in [-0.2, 0) is 10.8 Å². The molecule has 2 nitrogen and oxygen atoms in total. The van der Waals surface area contributed by atoms with Crippen LogP contribution in [0.3, 0.4) is 0 Å². The van der Waals surface area contributed by atoms with Gasteiger partial charge in [0.2, 0.25) is 0 Å². The molecule has 0 aromatic heterocycles. The van der Waals surface area contributed by atoms with Crippen molar-refractivity contribution >= 4 is 23.7 Å². The first-order chi connectivity index (χ1) is 14.5. The highest BCUT2D eigenvalue weighted by Crippen LogP contribution is 2.40. The maximum Gasteiger partial charge on any atom is 0.128 e. The van der Waals surface area contributed by atoms with E-state index in [1.807, 2.05) is 42.6 Å². The van der Waals surface area contributed by atoms with Crippen LogP contribution >= 0.6 is 11.8 Å². The summed E-state index contributed by atoms with van der Waals surface area (Å²) < 4.78 is 0. The summed E-state index contributed by atoms with van der Waals surface area (Å²) in [4.78, 5) is 7.10. The lowest BCUT2D eigenvalue weighted by atomic mass is 9.76. The number of nitrogens with zero attached hydrogens (tertiary/aromatic N) is 1. The molecular formula is C28H33NOS. The van der Waals surface area contributed by atoms with Gasteiger partial charge >= 0.3 is 0 Å². The van der Waals surface area contributed by atoms with Crippen molar-refractivity contribution in [1.29, 1.82) is 0 Å². The van der Waals surface area contributed by atoms with Gasteiger partial charge in [-0.25, -0.2) is 0 Å². The normalized spacial score (nSPS) is 12.5. The zero-order chi connectivity index (χ0) is 22.8. The van der Waals surface area contributed by atoms with Crippen LogP contribution in [-0.4, -0.2) is 11.3 Å². The number of aromatic hydroxyl groups is 1. The average Bonchev–Trinajstić information content (AvgIpc) is 2.68. The molecule has 0 aliphatic carbocycles. The van der Waals surface area contributed by atoms with Crippen molar-refractivity contribution in [2.24, 2.45) is 4.99 Å². The Balaban J connectivity index is 2.09. The van der Waals surface area contributed by atoms with Crippen molar-refractivity contribution in [3.05, 3.63) is 82.9 Å². The quantitative estimate of drug-likeness (QED) is 0.422. The first kappa shape index (κ1) is 23.1. The lowest BCUT2D eigenvalue weighted by molar-refractivity contribution is 0.443. The first-order valence-corrected chi connectivity index (χ1v) is 11.5. The summed E-state index contributed by atoms with van der Waals surface area (Å²) in [5.74, 6) is 0.329. The van der Waals surface area contributed by atoms with Crippen molar-refractivity contribution in [2.45, 2.75) is 69.1 Å². The Hall–Kier alpha value is -2.52. The standard InChI is InChI=1S/C28H33NOS/c1-19-21(26(30)23(28(5,6)7)17-22(19)27(2,3)4)18-29-24-15-11-12-16-25(24)31-20-13-9-8-10-14-20/h8-18,30H,1-7H3. The van der Waals surface area contributed by atoms with E-state index in [9.17, 15) is 5.11 Å². The molecule has 3 aromatic carbocycles. The monoisotopic (exact) mass is 431 g/mol. The minimum atomic E-state index is -0.165. The van der Waals surface area contributed by atoms with Crippen molar-refractivity contribution in [1.82, 2.24) is 0 Å². The molecule has 0 saturated carbocycles. The molecule has 162 valence electrons. The minimum absolute atomic E-state index is 0.0263. The van der Waals surface area contributed by atoms with Crippen molar-refractivity contribution < 1.29 is 5.11 Å². The van der Waals surface area contributed by atoms with E-state index in [-0.39, 0.29) is 10.8 Å². The van der Waals surface area contributed by atoms with Gasteiger partial charge in [0.1, 0.15) is 5.75 Å². The molecule has 0 unspecified atom stereocenters. The van der Waals surface area contributed by atoms with Gasteiger partial charge in [0.25, 0.3) is 0 Å². The van der Waals surface area contributed by atoms with Gasteiger partial charge in [-0.15, -0.1) is 0 Å². The number of benzene rings is 3. The van der Waals surface area contributed by atoms with Crippen LogP contribution in [0, 0.1) is 6.92 Å². The summed E-state index contributed by atoms with van der Waals surface area (Å²) in [5, 5.41) is 11.2. The van der Waals surface area contributed by atoms with Gasteiger partial charge in [0.05, 0.1) is 5.69 Å². The second kappa shape index (κ2) is 8.92. The lowest BCUT2D eigenvalue weighted by Crippen LogP contribution is -2.19. The highest BCUT2D eigenvalue weighted by Gasteiger charge is 2.27. The number of rotatable bonds is 4.